The predicted molar refractivity (Wildman–Crippen MR) is 65.1 cm³/mol. The summed E-state index contributed by atoms with van der Waals surface area (Å²) in [4.78, 5) is 0. The lowest BCUT2D eigenvalue weighted by Gasteiger charge is -2.18. The van der Waals surface area contributed by atoms with Crippen molar-refractivity contribution >= 4 is 0 Å². The lowest BCUT2D eigenvalue weighted by Crippen LogP contribution is -2.34. The van der Waals surface area contributed by atoms with Gasteiger partial charge in [0.15, 0.2) is 0 Å². The van der Waals surface area contributed by atoms with Crippen molar-refractivity contribution < 1.29 is 4.74 Å². The van der Waals surface area contributed by atoms with Crippen LogP contribution in [0.3, 0.4) is 0 Å². The van der Waals surface area contributed by atoms with Gasteiger partial charge in [-0.3, -0.25) is 0 Å². The SMILES string of the molecule is CCCNC(CCC1CC1)COCCC. The summed E-state index contributed by atoms with van der Waals surface area (Å²) in [6.07, 6.45) is 7.98. The van der Waals surface area contributed by atoms with Crippen LogP contribution in [0.1, 0.15) is 52.4 Å². The molecule has 1 saturated carbocycles. The lowest BCUT2D eigenvalue weighted by molar-refractivity contribution is 0.108. The maximum atomic E-state index is 5.63. The molecule has 0 aromatic rings. The van der Waals surface area contributed by atoms with Crippen molar-refractivity contribution in [3.05, 3.63) is 0 Å². The molecule has 0 aliphatic heterocycles. The maximum Gasteiger partial charge on any atom is 0.0619 e. The zero-order chi connectivity index (χ0) is 10.9. The largest absolute Gasteiger partial charge is 0.380 e. The Labute approximate surface area is 94.8 Å². The molecule has 1 aliphatic carbocycles. The highest BCUT2D eigenvalue weighted by Gasteiger charge is 2.22. The Morgan fingerprint density at radius 1 is 1.27 bits per heavy atom. The van der Waals surface area contributed by atoms with Gasteiger partial charge in [0.1, 0.15) is 0 Å². The zero-order valence-corrected chi connectivity index (χ0v) is 10.4. The molecule has 0 amide bonds. The Kier molecular flexibility index (Phi) is 7.03. The number of nitrogens with one attached hydrogen (secondary N) is 1. The van der Waals surface area contributed by atoms with Crippen LogP contribution in [-0.2, 0) is 4.74 Å². The summed E-state index contributed by atoms with van der Waals surface area (Å²) in [7, 11) is 0. The van der Waals surface area contributed by atoms with Gasteiger partial charge in [0, 0.05) is 12.6 Å². The third-order valence-corrected chi connectivity index (χ3v) is 2.97. The molecule has 0 radical (unpaired) electrons. The van der Waals surface area contributed by atoms with Gasteiger partial charge in [-0.25, -0.2) is 0 Å². The molecule has 0 aromatic heterocycles. The van der Waals surface area contributed by atoms with E-state index >= 15 is 0 Å². The van der Waals surface area contributed by atoms with Crippen molar-refractivity contribution in [3.63, 3.8) is 0 Å². The number of ether oxygens (including phenoxy) is 1. The van der Waals surface area contributed by atoms with Gasteiger partial charge in [-0.2, -0.15) is 0 Å². The van der Waals surface area contributed by atoms with Gasteiger partial charge < -0.3 is 10.1 Å². The molecule has 0 bridgehead atoms. The third-order valence-electron chi connectivity index (χ3n) is 2.97. The van der Waals surface area contributed by atoms with E-state index in [0.717, 1.165) is 32.1 Å². The van der Waals surface area contributed by atoms with Crippen LogP contribution < -0.4 is 5.32 Å². The number of hydrogen-bond acceptors (Lipinski definition) is 2. The van der Waals surface area contributed by atoms with Crippen LogP contribution in [0, 0.1) is 5.92 Å². The van der Waals surface area contributed by atoms with Crippen molar-refractivity contribution in [2.75, 3.05) is 19.8 Å². The van der Waals surface area contributed by atoms with Crippen molar-refractivity contribution in [2.24, 2.45) is 5.92 Å². The molecule has 1 unspecified atom stereocenters. The van der Waals surface area contributed by atoms with E-state index in [1.54, 1.807) is 0 Å². The Morgan fingerprint density at radius 3 is 2.67 bits per heavy atom. The van der Waals surface area contributed by atoms with E-state index in [-0.39, 0.29) is 0 Å². The molecule has 1 atom stereocenters. The molecule has 0 saturated heterocycles. The lowest BCUT2D eigenvalue weighted by atomic mass is 10.1. The Hall–Kier alpha value is -0.0800. The molecule has 0 aromatic carbocycles. The van der Waals surface area contributed by atoms with Crippen molar-refractivity contribution in [2.45, 2.75) is 58.4 Å². The second kappa shape index (κ2) is 8.12. The molecule has 1 rings (SSSR count). The zero-order valence-electron chi connectivity index (χ0n) is 10.4. The third kappa shape index (κ3) is 6.91. The minimum atomic E-state index is 0.595. The van der Waals surface area contributed by atoms with Gasteiger partial charge in [-0.1, -0.05) is 26.7 Å². The van der Waals surface area contributed by atoms with Gasteiger partial charge in [0.25, 0.3) is 0 Å². The topological polar surface area (TPSA) is 21.3 Å². The summed E-state index contributed by atoms with van der Waals surface area (Å²) in [6.45, 7) is 7.33. The summed E-state index contributed by atoms with van der Waals surface area (Å²) < 4.78 is 5.63. The summed E-state index contributed by atoms with van der Waals surface area (Å²) in [5, 5.41) is 3.59. The first-order valence-electron chi connectivity index (χ1n) is 6.68. The van der Waals surface area contributed by atoms with Crippen LogP contribution in [0.4, 0.5) is 0 Å². The molecule has 0 spiro atoms. The highest BCUT2D eigenvalue weighted by molar-refractivity contribution is 4.76. The first-order chi connectivity index (χ1) is 7.36. The summed E-state index contributed by atoms with van der Waals surface area (Å²) in [5.74, 6) is 1.04. The fraction of sp³-hybridized carbons (Fsp3) is 1.00. The fourth-order valence-corrected chi connectivity index (χ4v) is 1.81. The van der Waals surface area contributed by atoms with E-state index in [1.165, 1.54) is 32.1 Å². The van der Waals surface area contributed by atoms with Gasteiger partial charge in [0.2, 0.25) is 0 Å². The van der Waals surface area contributed by atoms with E-state index in [0.29, 0.717) is 6.04 Å². The monoisotopic (exact) mass is 213 g/mol. The van der Waals surface area contributed by atoms with Gasteiger partial charge in [-0.15, -0.1) is 0 Å². The van der Waals surface area contributed by atoms with Gasteiger partial charge in [0.05, 0.1) is 6.61 Å². The van der Waals surface area contributed by atoms with Gasteiger partial charge in [-0.05, 0) is 38.1 Å². The highest BCUT2D eigenvalue weighted by atomic mass is 16.5. The van der Waals surface area contributed by atoms with E-state index in [9.17, 15) is 0 Å². The van der Waals surface area contributed by atoms with E-state index in [4.69, 9.17) is 4.74 Å². The van der Waals surface area contributed by atoms with E-state index < -0.39 is 0 Å². The van der Waals surface area contributed by atoms with Crippen LogP contribution in [-0.4, -0.2) is 25.8 Å². The first kappa shape index (κ1) is 13.0. The van der Waals surface area contributed by atoms with E-state index in [2.05, 4.69) is 19.2 Å². The second-order valence-electron chi connectivity index (χ2n) is 4.75. The van der Waals surface area contributed by atoms with Crippen LogP contribution in [0.5, 0.6) is 0 Å². The Balaban J connectivity index is 2.05. The van der Waals surface area contributed by atoms with Crippen molar-refractivity contribution in [1.29, 1.82) is 0 Å². The second-order valence-corrected chi connectivity index (χ2v) is 4.75. The highest BCUT2D eigenvalue weighted by Crippen LogP contribution is 2.33. The summed E-state index contributed by atoms with van der Waals surface area (Å²) in [5.41, 5.74) is 0. The molecule has 1 aliphatic rings. The summed E-state index contributed by atoms with van der Waals surface area (Å²) >= 11 is 0. The average molecular weight is 213 g/mol. The molecular weight excluding hydrogens is 186 g/mol. The fourth-order valence-electron chi connectivity index (χ4n) is 1.81. The van der Waals surface area contributed by atoms with Crippen LogP contribution >= 0.6 is 0 Å². The van der Waals surface area contributed by atoms with Crippen LogP contribution in [0.25, 0.3) is 0 Å². The van der Waals surface area contributed by atoms with Crippen LogP contribution in [0.15, 0.2) is 0 Å². The minimum absolute atomic E-state index is 0.595. The van der Waals surface area contributed by atoms with E-state index in [1.807, 2.05) is 0 Å². The molecule has 90 valence electrons. The quantitative estimate of drug-likeness (QED) is 0.563. The molecule has 1 N–H and O–H groups in total. The molecule has 1 fully saturated rings. The summed E-state index contributed by atoms with van der Waals surface area (Å²) in [6, 6.07) is 0.595. The number of rotatable bonds is 10. The number of hydrogen-bond donors (Lipinski definition) is 1. The molecule has 2 nitrogen and oxygen atoms in total. The first-order valence-corrected chi connectivity index (χ1v) is 6.68. The predicted octanol–water partition coefficient (Wildman–Crippen LogP) is 2.97. The Morgan fingerprint density at radius 2 is 2.07 bits per heavy atom. The minimum Gasteiger partial charge on any atom is -0.380 e. The molecular formula is C13H27NO. The molecule has 15 heavy (non-hydrogen) atoms. The van der Waals surface area contributed by atoms with Crippen LogP contribution in [0.2, 0.25) is 0 Å². The molecule has 2 heteroatoms. The standard InChI is InChI=1S/C13H27NO/c1-3-9-14-13(11-15-10-4-2)8-7-12-5-6-12/h12-14H,3-11H2,1-2H3. The molecule has 0 heterocycles. The normalized spacial score (nSPS) is 18.0. The van der Waals surface area contributed by atoms with Gasteiger partial charge >= 0.3 is 0 Å². The average Bonchev–Trinajstić information content (AvgIpc) is 3.05. The maximum absolute atomic E-state index is 5.63. The van der Waals surface area contributed by atoms with Crippen molar-refractivity contribution in [3.8, 4) is 0 Å². The van der Waals surface area contributed by atoms with Crippen molar-refractivity contribution in [1.82, 2.24) is 5.32 Å². The Bertz CT molecular complexity index is 145. The smallest absolute Gasteiger partial charge is 0.0619 e.